The largest absolute Gasteiger partial charge is 0.497 e. The van der Waals surface area contributed by atoms with Crippen molar-refractivity contribution >= 4 is 27.5 Å². The Balaban J connectivity index is 2.02. The van der Waals surface area contributed by atoms with Gasteiger partial charge in [0.1, 0.15) is 5.75 Å². The van der Waals surface area contributed by atoms with Crippen LogP contribution in [0.2, 0.25) is 0 Å². The first-order valence-corrected chi connectivity index (χ1v) is 8.21. The number of carbonyl (C=O) groups is 1. The smallest absolute Gasteiger partial charge is 0.224 e. The zero-order valence-electron chi connectivity index (χ0n) is 12.5. The maximum absolute atomic E-state index is 12.3. The molecular formula is C16H23BrN2O2. The molecule has 1 aliphatic rings. The predicted octanol–water partition coefficient (Wildman–Crippen LogP) is 3.70. The quantitative estimate of drug-likeness (QED) is 0.847. The number of ether oxygens (including phenoxy) is 1. The third-order valence-electron chi connectivity index (χ3n) is 4.27. The van der Waals surface area contributed by atoms with E-state index in [1.165, 1.54) is 19.3 Å². The minimum atomic E-state index is -0.0154. The van der Waals surface area contributed by atoms with E-state index in [9.17, 15) is 4.79 Å². The molecule has 4 nitrogen and oxygen atoms in total. The summed E-state index contributed by atoms with van der Waals surface area (Å²) in [5, 5.41) is 2.96. The van der Waals surface area contributed by atoms with Crippen molar-refractivity contribution < 1.29 is 9.53 Å². The summed E-state index contributed by atoms with van der Waals surface area (Å²) in [7, 11) is 1.61. The number of methoxy groups -OCH3 is 1. The molecule has 0 saturated heterocycles. The van der Waals surface area contributed by atoms with E-state index in [2.05, 4.69) is 21.2 Å². The zero-order chi connectivity index (χ0) is 15.3. The molecule has 0 radical (unpaired) electrons. The van der Waals surface area contributed by atoms with E-state index < -0.39 is 0 Å². The average Bonchev–Trinajstić information content (AvgIpc) is 2.47. The van der Waals surface area contributed by atoms with Crippen molar-refractivity contribution in [1.82, 2.24) is 0 Å². The molecule has 1 aliphatic carbocycles. The SMILES string of the molecule is COc1cc(Br)cc(NC(=O)CC2(CN)CCCCC2)c1. The molecular weight excluding hydrogens is 332 g/mol. The van der Waals surface area contributed by atoms with Gasteiger partial charge in [-0.2, -0.15) is 0 Å². The monoisotopic (exact) mass is 354 g/mol. The number of carbonyl (C=O) groups excluding carboxylic acids is 1. The Labute approximate surface area is 134 Å². The molecule has 0 unspecified atom stereocenters. The molecule has 2 rings (SSSR count). The van der Waals surface area contributed by atoms with Crippen LogP contribution in [0.15, 0.2) is 22.7 Å². The van der Waals surface area contributed by atoms with Gasteiger partial charge in [0, 0.05) is 22.6 Å². The normalized spacial score (nSPS) is 17.3. The number of benzene rings is 1. The van der Waals surface area contributed by atoms with Crippen LogP contribution >= 0.6 is 15.9 Å². The molecule has 5 heteroatoms. The molecule has 3 N–H and O–H groups in total. The van der Waals surface area contributed by atoms with Gasteiger partial charge in [0.2, 0.25) is 5.91 Å². The summed E-state index contributed by atoms with van der Waals surface area (Å²) in [4.78, 5) is 12.3. The van der Waals surface area contributed by atoms with Crippen molar-refractivity contribution in [3.05, 3.63) is 22.7 Å². The van der Waals surface area contributed by atoms with Crippen LogP contribution in [0.4, 0.5) is 5.69 Å². The number of hydrogen-bond donors (Lipinski definition) is 2. The Morgan fingerprint density at radius 3 is 2.67 bits per heavy atom. The van der Waals surface area contributed by atoms with Crippen molar-refractivity contribution in [2.45, 2.75) is 38.5 Å². The van der Waals surface area contributed by atoms with E-state index >= 15 is 0 Å². The Kier molecular flexibility index (Phi) is 5.65. The Morgan fingerprint density at radius 2 is 2.05 bits per heavy atom. The topological polar surface area (TPSA) is 64.3 Å². The summed E-state index contributed by atoms with van der Waals surface area (Å²) in [6.07, 6.45) is 6.21. The van der Waals surface area contributed by atoms with Crippen molar-refractivity contribution in [2.75, 3.05) is 19.0 Å². The van der Waals surface area contributed by atoms with E-state index in [1.54, 1.807) is 7.11 Å². The Morgan fingerprint density at radius 1 is 1.33 bits per heavy atom. The van der Waals surface area contributed by atoms with E-state index in [0.717, 1.165) is 23.0 Å². The lowest BCUT2D eigenvalue weighted by Gasteiger charge is -2.35. The van der Waals surface area contributed by atoms with Crippen LogP contribution in [0.1, 0.15) is 38.5 Å². The Hall–Kier alpha value is -1.07. The summed E-state index contributed by atoms with van der Waals surface area (Å²) in [5.74, 6) is 0.744. The first-order chi connectivity index (χ1) is 10.1. The molecule has 21 heavy (non-hydrogen) atoms. The lowest BCUT2D eigenvalue weighted by atomic mass is 9.71. The highest BCUT2D eigenvalue weighted by Gasteiger charge is 2.32. The van der Waals surface area contributed by atoms with Gasteiger partial charge in [-0.3, -0.25) is 4.79 Å². The summed E-state index contributed by atoms with van der Waals surface area (Å²) in [6.45, 7) is 0.586. The summed E-state index contributed by atoms with van der Waals surface area (Å²) in [6, 6.07) is 5.55. The molecule has 0 atom stereocenters. The second kappa shape index (κ2) is 7.27. The van der Waals surface area contributed by atoms with Crippen molar-refractivity contribution in [3.8, 4) is 5.75 Å². The zero-order valence-corrected chi connectivity index (χ0v) is 14.0. The van der Waals surface area contributed by atoms with Gasteiger partial charge >= 0.3 is 0 Å². The van der Waals surface area contributed by atoms with E-state index in [-0.39, 0.29) is 11.3 Å². The van der Waals surface area contributed by atoms with Gasteiger partial charge in [-0.05, 0) is 36.9 Å². The first kappa shape index (κ1) is 16.3. The lowest BCUT2D eigenvalue weighted by Crippen LogP contribution is -2.36. The molecule has 116 valence electrons. The predicted molar refractivity (Wildman–Crippen MR) is 88.5 cm³/mol. The fraction of sp³-hybridized carbons (Fsp3) is 0.562. The molecule has 0 aliphatic heterocycles. The van der Waals surface area contributed by atoms with Crippen molar-refractivity contribution in [1.29, 1.82) is 0 Å². The van der Waals surface area contributed by atoms with Crippen LogP contribution in [0.3, 0.4) is 0 Å². The van der Waals surface area contributed by atoms with Gasteiger partial charge in [-0.25, -0.2) is 0 Å². The number of anilines is 1. The molecule has 1 fully saturated rings. The van der Waals surface area contributed by atoms with E-state index in [0.29, 0.717) is 18.7 Å². The van der Waals surface area contributed by atoms with Gasteiger partial charge in [-0.15, -0.1) is 0 Å². The number of hydrogen-bond acceptors (Lipinski definition) is 3. The van der Waals surface area contributed by atoms with Crippen LogP contribution in [0.5, 0.6) is 5.75 Å². The van der Waals surface area contributed by atoms with Crippen molar-refractivity contribution in [3.63, 3.8) is 0 Å². The molecule has 0 spiro atoms. The number of nitrogens with one attached hydrogen (secondary N) is 1. The third kappa shape index (κ3) is 4.45. The highest BCUT2D eigenvalue weighted by molar-refractivity contribution is 9.10. The standard InChI is InChI=1S/C16H23BrN2O2/c1-21-14-8-12(17)7-13(9-14)19-15(20)10-16(11-18)5-3-2-4-6-16/h7-9H,2-6,10-11,18H2,1H3,(H,19,20). The molecule has 1 aromatic rings. The van der Waals surface area contributed by atoms with Gasteiger partial charge < -0.3 is 15.8 Å². The van der Waals surface area contributed by atoms with Crippen LogP contribution in [-0.2, 0) is 4.79 Å². The number of rotatable bonds is 5. The van der Waals surface area contributed by atoms with Crippen molar-refractivity contribution in [2.24, 2.45) is 11.1 Å². The maximum atomic E-state index is 12.3. The molecule has 1 aromatic carbocycles. The average molecular weight is 355 g/mol. The Bertz CT molecular complexity index is 499. The number of halogens is 1. The van der Waals surface area contributed by atoms with Gasteiger partial charge in [0.05, 0.1) is 7.11 Å². The van der Waals surface area contributed by atoms with Gasteiger partial charge in [0.25, 0.3) is 0 Å². The second-order valence-electron chi connectivity index (χ2n) is 5.87. The minimum absolute atomic E-state index is 0.0154. The van der Waals surface area contributed by atoms with Crippen LogP contribution in [-0.4, -0.2) is 19.6 Å². The third-order valence-corrected chi connectivity index (χ3v) is 4.73. The molecule has 1 saturated carbocycles. The summed E-state index contributed by atoms with van der Waals surface area (Å²) in [5.41, 5.74) is 6.67. The van der Waals surface area contributed by atoms with E-state index in [1.807, 2.05) is 18.2 Å². The lowest BCUT2D eigenvalue weighted by molar-refractivity contribution is -0.118. The highest BCUT2D eigenvalue weighted by atomic mass is 79.9. The highest BCUT2D eigenvalue weighted by Crippen LogP contribution is 2.38. The van der Waals surface area contributed by atoms with E-state index in [4.69, 9.17) is 10.5 Å². The van der Waals surface area contributed by atoms with Gasteiger partial charge in [-0.1, -0.05) is 35.2 Å². The van der Waals surface area contributed by atoms with Crippen LogP contribution < -0.4 is 15.8 Å². The molecule has 0 bridgehead atoms. The molecule has 1 amide bonds. The van der Waals surface area contributed by atoms with Crippen LogP contribution in [0, 0.1) is 5.41 Å². The van der Waals surface area contributed by atoms with Crippen LogP contribution in [0.25, 0.3) is 0 Å². The summed E-state index contributed by atoms with van der Waals surface area (Å²) < 4.78 is 6.09. The summed E-state index contributed by atoms with van der Waals surface area (Å²) >= 11 is 3.42. The number of nitrogens with two attached hydrogens (primary N) is 1. The molecule has 0 aromatic heterocycles. The molecule has 0 heterocycles. The fourth-order valence-corrected chi connectivity index (χ4v) is 3.53. The minimum Gasteiger partial charge on any atom is -0.497 e. The second-order valence-corrected chi connectivity index (χ2v) is 6.79. The first-order valence-electron chi connectivity index (χ1n) is 7.41. The fourth-order valence-electron chi connectivity index (χ4n) is 3.05. The van der Waals surface area contributed by atoms with Gasteiger partial charge in [0.15, 0.2) is 0 Å². The number of amides is 1. The maximum Gasteiger partial charge on any atom is 0.224 e.